The molecule has 0 unspecified atom stereocenters. The van der Waals surface area contributed by atoms with E-state index in [9.17, 15) is 20.4 Å². The number of hydrogen-bond acceptors (Lipinski definition) is 6. The number of thioether (sulfide) groups is 1. The molecule has 0 aliphatic carbocycles. The van der Waals surface area contributed by atoms with Crippen molar-refractivity contribution in [1.29, 1.82) is 0 Å². The van der Waals surface area contributed by atoms with Crippen LogP contribution in [0, 0.1) is 6.92 Å². The van der Waals surface area contributed by atoms with Crippen LogP contribution < -0.4 is 4.74 Å². The van der Waals surface area contributed by atoms with E-state index in [-0.39, 0.29) is 6.61 Å². The predicted octanol–water partition coefficient (Wildman–Crippen LogP) is 2.87. The molecule has 0 saturated carbocycles. The fourth-order valence-electron chi connectivity index (χ4n) is 3.61. The topological polar surface area (TPSA) is 90.2 Å². The van der Waals surface area contributed by atoms with Gasteiger partial charge in [-0.05, 0) is 60.7 Å². The Morgan fingerprint density at radius 2 is 1.76 bits per heavy atom. The van der Waals surface area contributed by atoms with Crippen molar-refractivity contribution in [3.63, 3.8) is 0 Å². The van der Waals surface area contributed by atoms with Crippen molar-refractivity contribution in [1.82, 2.24) is 0 Å². The summed E-state index contributed by atoms with van der Waals surface area (Å²) in [7, 11) is 0. The SMILES string of the molecule is CCOc1ccc(Cc2cc([C@@H]3S[C@H](CO)[C@@H](O)[C@H](O)[C@H]3O)ccc2Cl)c(C)c1. The highest BCUT2D eigenvalue weighted by atomic mass is 35.5. The maximum Gasteiger partial charge on any atom is 0.119 e. The van der Waals surface area contributed by atoms with Crippen LogP contribution in [-0.2, 0) is 6.42 Å². The first kappa shape index (κ1) is 22.4. The summed E-state index contributed by atoms with van der Waals surface area (Å²) in [6.07, 6.45) is -3.01. The average molecular weight is 439 g/mol. The molecule has 1 aliphatic heterocycles. The van der Waals surface area contributed by atoms with Gasteiger partial charge >= 0.3 is 0 Å². The van der Waals surface area contributed by atoms with Crippen LogP contribution in [0.4, 0.5) is 0 Å². The van der Waals surface area contributed by atoms with Gasteiger partial charge in [-0.1, -0.05) is 29.8 Å². The Hall–Kier alpha value is -1.28. The number of aliphatic hydroxyl groups is 4. The van der Waals surface area contributed by atoms with Crippen molar-refractivity contribution in [2.45, 2.75) is 49.1 Å². The molecule has 7 heteroatoms. The Balaban J connectivity index is 1.87. The van der Waals surface area contributed by atoms with Gasteiger partial charge in [0.2, 0.25) is 0 Å². The predicted molar refractivity (Wildman–Crippen MR) is 116 cm³/mol. The van der Waals surface area contributed by atoms with Gasteiger partial charge in [0.25, 0.3) is 0 Å². The summed E-state index contributed by atoms with van der Waals surface area (Å²) in [5.41, 5.74) is 3.93. The molecule has 1 heterocycles. The number of rotatable bonds is 6. The van der Waals surface area contributed by atoms with Gasteiger partial charge in [0.05, 0.1) is 35.9 Å². The molecule has 5 nitrogen and oxygen atoms in total. The van der Waals surface area contributed by atoms with E-state index in [0.29, 0.717) is 18.1 Å². The molecule has 0 aromatic heterocycles. The number of benzene rings is 2. The number of ether oxygens (including phenoxy) is 1. The van der Waals surface area contributed by atoms with E-state index < -0.39 is 28.8 Å². The lowest BCUT2D eigenvalue weighted by atomic mass is 9.94. The molecule has 0 radical (unpaired) electrons. The third kappa shape index (κ3) is 4.90. The van der Waals surface area contributed by atoms with E-state index in [1.807, 2.05) is 44.2 Å². The average Bonchev–Trinajstić information content (AvgIpc) is 2.70. The van der Waals surface area contributed by atoms with Gasteiger partial charge in [-0.2, -0.15) is 0 Å². The largest absolute Gasteiger partial charge is 0.494 e. The Morgan fingerprint density at radius 3 is 2.41 bits per heavy atom. The molecule has 5 atom stereocenters. The minimum absolute atomic E-state index is 0.280. The third-order valence-electron chi connectivity index (χ3n) is 5.30. The van der Waals surface area contributed by atoms with E-state index in [2.05, 4.69) is 0 Å². The van der Waals surface area contributed by atoms with Crippen LogP contribution in [0.3, 0.4) is 0 Å². The Bertz CT molecular complexity index is 844. The summed E-state index contributed by atoms with van der Waals surface area (Å²) >= 11 is 7.71. The van der Waals surface area contributed by atoms with Crippen molar-refractivity contribution in [2.75, 3.05) is 13.2 Å². The van der Waals surface area contributed by atoms with Gasteiger partial charge in [0.15, 0.2) is 0 Å². The van der Waals surface area contributed by atoms with Crippen LogP contribution in [0.5, 0.6) is 5.75 Å². The second kappa shape index (κ2) is 9.69. The van der Waals surface area contributed by atoms with Gasteiger partial charge in [-0.25, -0.2) is 0 Å². The molecule has 4 N–H and O–H groups in total. The van der Waals surface area contributed by atoms with Gasteiger partial charge in [0.1, 0.15) is 11.9 Å². The van der Waals surface area contributed by atoms with Crippen molar-refractivity contribution in [3.05, 3.63) is 63.7 Å². The lowest BCUT2D eigenvalue weighted by Gasteiger charge is -2.39. The fourth-order valence-corrected chi connectivity index (χ4v) is 5.21. The first-order valence-electron chi connectivity index (χ1n) is 9.66. The third-order valence-corrected chi connectivity index (χ3v) is 7.29. The summed E-state index contributed by atoms with van der Waals surface area (Å²) in [6, 6.07) is 11.5. The molecule has 158 valence electrons. The number of aryl methyl sites for hydroxylation is 1. The Morgan fingerprint density at radius 1 is 1.00 bits per heavy atom. The molecular formula is C22H27ClO5S. The lowest BCUT2D eigenvalue weighted by molar-refractivity contribution is -0.0700. The zero-order valence-electron chi connectivity index (χ0n) is 16.5. The number of aliphatic hydroxyl groups excluding tert-OH is 4. The smallest absolute Gasteiger partial charge is 0.119 e. The summed E-state index contributed by atoms with van der Waals surface area (Å²) in [4.78, 5) is 0. The summed E-state index contributed by atoms with van der Waals surface area (Å²) in [5, 5.41) is 39.8. The first-order valence-corrected chi connectivity index (χ1v) is 11.0. The van der Waals surface area contributed by atoms with Gasteiger partial charge in [-0.3, -0.25) is 0 Å². The molecule has 29 heavy (non-hydrogen) atoms. The fraction of sp³-hybridized carbons (Fsp3) is 0.455. The van der Waals surface area contributed by atoms with E-state index in [0.717, 1.165) is 28.0 Å². The maximum absolute atomic E-state index is 10.5. The van der Waals surface area contributed by atoms with Gasteiger partial charge in [0, 0.05) is 5.02 Å². The minimum atomic E-state index is -1.31. The number of halogens is 1. The molecule has 1 saturated heterocycles. The van der Waals surface area contributed by atoms with Crippen LogP contribution >= 0.6 is 23.4 Å². The van der Waals surface area contributed by atoms with Crippen molar-refractivity contribution >= 4 is 23.4 Å². The highest BCUT2D eigenvalue weighted by Crippen LogP contribution is 2.43. The van der Waals surface area contributed by atoms with E-state index in [4.69, 9.17) is 16.3 Å². The van der Waals surface area contributed by atoms with Crippen LogP contribution in [0.2, 0.25) is 5.02 Å². The monoisotopic (exact) mass is 438 g/mol. The van der Waals surface area contributed by atoms with E-state index in [1.165, 1.54) is 11.8 Å². The van der Waals surface area contributed by atoms with Crippen LogP contribution in [0.15, 0.2) is 36.4 Å². The maximum atomic E-state index is 10.5. The zero-order chi connectivity index (χ0) is 21.1. The van der Waals surface area contributed by atoms with Crippen molar-refractivity contribution in [3.8, 4) is 5.75 Å². The molecule has 0 amide bonds. The Kier molecular flexibility index (Phi) is 7.48. The molecule has 2 aromatic carbocycles. The molecule has 3 rings (SSSR count). The molecule has 0 bridgehead atoms. The summed E-state index contributed by atoms with van der Waals surface area (Å²) in [5.74, 6) is 0.831. The van der Waals surface area contributed by atoms with Crippen LogP contribution in [-0.4, -0.2) is 57.2 Å². The molecule has 2 aromatic rings. The molecular weight excluding hydrogens is 412 g/mol. The van der Waals surface area contributed by atoms with Crippen molar-refractivity contribution < 1.29 is 25.2 Å². The first-order chi connectivity index (χ1) is 13.8. The van der Waals surface area contributed by atoms with E-state index >= 15 is 0 Å². The van der Waals surface area contributed by atoms with Gasteiger partial charge < -0.3 is 25.2 Å². The Labute approximate surface area is 180 Å². The standard InChI is InChI=1S/C22H27ClO5S/c1-3-28-16-6-4-13(12(2)8-16)9-15-10-14(5-7-17(15)23)22-21(27)20(26)19(25)18(11-24)29-22/h4-8,10,18-22,24-27H,3,9,11H2,1-2H3/t18-,19-,20+,21-,22+/m1/s1. The van der Waals surface area contributed by atoms with Gasteiger partial charge in [-0.15, -0.1) is 11.8 Å². The van der Waals surface area contributed by atoms with E-state index in [1.54, 1.807) is 6.07 Å². The quantitative estimate of drug-likeness (QED) is 0.554. The summed E-state index contributed by atoms with van der Waals surface area (Å²) in [6.45, 7) is 4.31. The zero-order valence-corrected chi connectivity index (χ0v) is 18.0. The summed E-state index contributed by atoms with van der Waals surface area (Å²) < 4.78 is 5.54. The van der Waals surface area contributed by atoms with Crippen LogP contribution in [0.25, 0.3) is 0 Å². The van der Waals surface area contributed by atoms with Crippen LogP contribution in [0.1, 0.15) is 34.4 Å². The molecule has 1 fully saturated rings. The second-order valence-corrected chi connectivity index (χ2v) is 9.09. The lowest BCUT2D eigenvalue weighted by Crippen LogP contribution is -2.51. The number of hydrogen-bond donors (Lipinski definition) is 4. The highest BCUT2D eigenvalue weighted by Gasteiger charge is 2.43. The second-order valence-electron chi connectivity index (χ2n) is 7.30. The van der Waals surface area contributed by atoms with Crippen molar-refractivity contribution in [2.24, 2.45) is 0 Å². The normalized spacial score (nSPS) is 27.1. The minimum Gasteiger partial charge on any atom is -0.494 e. The molecule has 1 aliphatic rings. The molecule has 0 spiro atoms. The highest BCUT2D eigenvalue weighted by molar-refractivity contribution is 8.00.